The highest BCUT2D eigenvalue weighted by molar-refractivity contribution is 7.89. The van der Waals surface area contributed by atoms with Gasteiger partial charge < -0.3 is 16.2 Å². The molecule has 3 aromatic carbocycles. The highest BCUT2D eigenvalue weighted by Gasteiger charge is 2.15. The maximum atomic E-state index is 12.1. The molecule has 33 heavy (non-hydrogen) atoms. The molecule has 3 aromatic rings. The third-order valence-corrected chi connectivity index (χ3v) is 5.78. The highest BCUT2D eigenvalue weighted by atomic mass is 32.2. The Bertz CT molecular complexity index is 1300. The SMILES string of the molecule is NC(=O)c1cc(/C=C/C(=O)OCCc2ccccc2)cc(-c2ccc(S(N)(=O)=O)cc2)c1N. The summed E-state index contributed by atoms with van der Waals surface area (Å²) in [5.74, 6) is -1.28. The number of carbonyl (C=O) groups excluding carboxylic acids is 2. The van der Waals surface area contributed by atoms with Gasteiger partial charge in [-0.25, -0.2) is 18.4 Å². The average molecular weight is 466 g/mol. The topological polar surface area (TPSA) is 156 Å². The van der Waals surface area contributed by atoms with Crippen molar-refractivity contribution in [1.29, 1.82) is 0 Å². The van der Waals surface area contributed by atoms with Crippen LogP contribution in [0.25, 0.3) is 17.2 Å². The van der Waals surface area contributed by atoms with E-state index in [0.29, 0.717) is 23.1 Å². The fraction of sp³-hybridized carbons (Fsp3) is 0.0833. The molecule has 8 nitrogen and oxygen atoms in total. The Labute approximate surface area is 191 Å². The predicted octanol–water partition coefficient (Wildman–Crippen LogP) is 2.48. The van der Waals surface area contributed by atoms with E-state index in [4.69, 9.17) is 21.3 Å². The number of carbonyl (C=O) groups is 2. The number of anilines is 1. The molecule has 0 fully saturated rings. The fourth-order valence-corrected chi connectivity index (χ4v) is 3.68. The van der Waals surface area contributed by atoms with Gasteiger partial charge in [0.25, 0.3) is 5.91 Å². The van der Waals surface area contributed by atoms with Crippen LogP contribution in [0.1, 0.15) is 21.5 Å². The van der Waals surface area contributed by atoms with Gasteiger partial charge in [-0.2, -0.15) is 0 Å². The number of primary sulfonamides is 1. The van der Waals surface area contributed by atoms with Gasteiger partial charge in [0.2, 0.25) is 10.0 Å². The number of nitrogen functional groups attached to an aromatic ring is 1. The van der Waals surface area contributed by atoms with E-state index in [9.17, 15) is 18.0 Å². The minimum Gasteiger partial charge on any atom is -0.462 e. The smallest absolute Gasteiger partial charge is 0.330 e. The van der Waals surface area contributed by atoms with Crippen LogP contribution < -0.4 is 16.6 Å². The summed E-state index contributed by atoms with van der Waals surface area (Å²) >= 11 is 0. The van der Waals surface area contributed by atoms with Crippen molar-refractivity contribution in [3.8, 4) is 11.1 Å². The maximum absolute atomic E-state index is 12.1. The summed E-state index contributed by atoms with van der Waals surface area (Å²) in [6.07, 6.45) is 3.32. The number of hydrogen-bond acceptors (Lipinski definition) is 6. The van der Waals surface area contributed by atoms with E-state index in [1.807, 2.05) is 30.3 Å². The van der Waals surface area contributed by atoms with E-state index in [0.717, 1.165) is 5.56 Å². The fourth-order valence-electron chi connectivity index (χ4n) is 3.17. The second-order valence-corrected chi connectivity index (χ2v) is 8.76. The lowest BCUT2D eigenvalue weighted by Crippen LogP contribution is -2.14. The molecule has 0 aromatic heterocycles. The minimum atomic E-state index is -3.85. The number of hydrogen-bond donors (Lipinski definition) is 3. The molecule has 0 radical (unpaired) electrons. The molecule has 6 N–H and O–H groups in total. The summed E-state index contributed by atoms with van der Waals surface area (Å²) < 4.78 is 28.2. The molecule has 0 saturated heterocycles. The summed E-state index contributed by atoms with van der Waals surface area (Å²) in [4.78, 5) is 23.9. The van der Waals surface area contributed by atoms with Gasteiger partial charge in [0.1, 0.15) is 0 Å². The van der Waals surface area contributed by atoms with Crippen molar-refractivity contribution in [2.24, 2.45) is 10.9 Å². The van der Waals surface area contributed by atoms with Crippen molar-refractivity contribution in [3.63, 3.8) is 0 Å². The van der Waals surface area contributed by atoms with E-state index >= 15 is 0 Å². The zero-order valence-electron chi connectivity index (χ0n) is 17.6. The average Bonchev–Trinajstić information content (AvgIpc) is 2.78. The molecule has 9 heteroatoms. The molecule has 0 heterocycles. The van der Waals surface area contributed by atoms with Crippen LogP contribution in [-0.2, 0) is 26.0 Å². The van der Waals surface area contributed by atoms with Crippen LogP contribution in [0.4, 0.5) is 5.69 Å². The first-order chi connectivity index (χ1) is 15.6. The third kappa shape index (κ3) is 6.28. The quantitative estimate of drug-likeness (QED) is 0.264. The zero-order chi connectivity index (χ0) is 24.0. The lowest BCUT2D eigenvalue weighted by atomic mass is 9.96. The first-order valence-electron chi connectivity index (χ1n) is 9.90. The number of primary amides is 1. The largest absolute Gasteiger partial charge is 0.462 e. The number of ether oxygens (including phenoxy) is 1. The van der Waals surface area contributed by atoms with Crippen molar-refractivity contribution in [3.05, 3.63) is 89.5 Å². The van der Waals surface area contributed by atoms with E-state index in [-0.39, 0.29) is 22.8 Å². The van der Waals surface area contributed by atoms with Crippen molar-refractivity contribution in [2.45, 2.75) is 11.3 Å². The lowest BCUT2D eigenvalue weighted by Gasteiger charge is -2.12. The number of rotatable bonds is 8. The monoisotopic (exact) mass is 465 g/mol. The van der Waals surface area contributed by atoms with Gasteiger partial charge in [-0.05, 0) is 47.0 Å². The number of sulfonamides is 1. The minimum absolute atomic E-state index is 0.0609. The Balaban J connectivity index is 1.81. The van der Waals surface area contributed by atoms with Crippen molar-refractivity contribution in [1.82, 2.24) is 0 Å². The molecule has 0 spiro atoms. The van der Waals surface area contributed by atoms with Gasteiger partial charge in [-0.15, -0.1) is 0 Å². The molecule has 1 amide bonds. The predicted molar refractivity (Wildman–Crippen MR) is 126 cm³/mol. The Hall–Kier alpha value is -3.95. The normalized spacial score (nSPS) is 11.4. The van der Waals surface area contributed by atoms with Crippen LogP contribution in [0.5, 0.6) is 0 Å². The molecule has 0 aliphatic heterocycles. The van der Waals surface area contributed by atoms with Crippen molar-refractivity contribution in [2.75, 3.05) is 12.3 Å². The Morgan fingerprint density at radius 2 is 1.64 bits per heavy atom. The first-order valence-corrected chi connectivity index (χ1v) is 11.4. The molecule has 0 bridgehead atoms. The van der Waals surface area contributed by atoms with Gasteiger partial charge >= 0.3 is 5.97 Å². The van der Waals surface area contributed by atoms with Gasteiger partial charge in [0, 0.05) is 18.1 Å². The van der Waals surface area contributed by atoms with Gasteiger partial charge in [0.05, 0.1) is 22.8 Å². The Morgan fingerprint density at radius 3 is 2.24 bits per heavy atom. The van der Waals surface area contributed by atoms with Crippen LogP contribution in [-0.4, -0.2) is 26.9 Å². The molecule has 170 valence electrons. The number of benzene rings is 3. The van der Waals surface area contributed by atoms with E-state index in [1.54, 1.807) is 6.07 Å². The number of esters is 1. The Kier molecular flexibility index (Phi) is 7.27. The maximum Gasteiger partial charge on any atom is 0.330 e. The summed E-state index contributed by atoms with van der Waals surface area (Å²) in [6, 6.07) is 18.4. The third-order valence-electron chi connectivity index (χ3n) is 4.85. The lowest BCUT2D eigenvalue weighted by molar-refractivity contribution is -0.137. The molecule has 0 saturated carbocycles. The highest BCUT2D eigenvalue weighted by Crippen LogP contribution is 2.31. The second kappa shape index (κ2) is 10.1. The molecule has 3 rings (SSSR count). The molecular weight excluding hydrogens is 442 g/mol. The van der Waals surface area contributed by atoms with Crippen molar-refractivity contribution < 1.29 is 22.7 Å². The van der Waals surface area contributed by atoms with Crippen LogP contribution in [0.2, 0.25) is 0 Å². The standard InChI is InChI=1S/C24H23N3O5S/c25-23-20(18-7-9-19(10-8-18)33(27,30)31)14-17(15-21(23)24(26)29)6-11-22(28)32-13-12-16-4-2-1-3-5-16/h1-11,14-15H,12-13,25H2,(H2,26,29)(H2,27,30,31)/b11-6+. The molecule has 0 aliphatic rings. The van der Waals surface area contributed by atoms with Gasteiger partial charge in [-0.1, -0.05) is 42.5 Å². The van der Waals surface area contributed by atoms with Gasteiger partial charge in [-0.3, -0.25) is 4.79 Å². The van der Waals surface area contributed by atoms with Crippen LogP contribution in [0, 0.1) is 0 Å². The number of amides is 1. The van der Waals surface area contributed by atoms with Crippen molar-refractivity contribution >= 4 is 33.7 Å². The van der Waals surface area contributed by atoms with Crippen LogP contribution in [0.3, 0.4) is 0 Å². The van der Waals surface area contributed by atoms with Gasteiger partial charge in [0.15, 0.2) is 0 Å². The van der Waals surface area contributed by atoms with E-state index in [1.165, 1.54) is 42.5 Å². The zero-order valence-corrected chi connectivity index (χ0v) is 18.4. The summed E-state index contributed by atoms with van der Waals surface area (Å²) in [6.45, 7) is 0.225. The van der Waals surface area contributed by atoms with E-state index < -0.39 is 21.9 Å². The molecule has 0 aliphatic carbocycles. The molecular formula is C24H23N3O5S. The summed E-state index contributed by atoms with van der Waals surface area (Å²) in [5, 5.41) is 5.13. The number of nitrogens with two attached hydrogens (primary N) is 3. The van der Waals surface area contributed by atoms with Crippen LogP contribution in [0.15, 0.2) is 77.7 Å². The summed E-state index contributed by atoms with van der Waals surface area (Å²) in [5.41, 5.74) is 14.3. The Morgan fingerprint density at radius 1 is 0.970 bits per heavy atom. The molecule has 0 atom stereocenters. The van der Waals surface area contributed by atoms with Crippen LogP contribution >= 0.6 is 0 Å². The summed E-state index contributed by atoms with van der Waals surface area (Å²) in [7, 11) is -3.85. The van der Waals surface area contributed by atoms with E-state index in [2.05, 4.69) is 0 Å². The first kappa shape index (κ1) is 23.7. The molecule has 0 unspecified atom stereocenters. The second-order valence-electron chi connectivity index (χ2n) is 7.20.